The van der Waals surface area contributed by atoms with Gasteiger partial charge in [-0.25, -0.2) is 0 Å². The summed E-state index contributed by atoms with van der Waals surface area (Å²) in [5.41, 5.74) is 0.781. The van der Waals surface area contributed by atoms with Crippen molar-refractivity contribution in [1.29, 1.82) is 0 Å². The topological polar surface area (TPSA) is 40.5 Å². The number of para-hydroxylation sites is 1. The maximum atomic E-state index is 10.3. The lowest BCUT2D eigenvalue weighted by Crippen LogP contribution is -2.19. The molecule has 0 aliphatic carbocycles. The van der Waals surface area contributed by atoms with Gasteiger partial charge in [0.05, 0.1) is 0 Å². The van der Waals surface area contributed by atoms with E-state index in [1.165, 1.54) is 4.31 Å². The molecule has 0 spiro atoms. The first-order chi connectivity index (χ1) is 5.70. The summed E-state index contributed by atoms with van der Waals surface area (Å²) in [5, 5.41) is 8.45. The summed E-state index contributed by atoms with van der Waals surface area (Å²) in [6.07, 6.45) is 0. The maximum Gasteiger partial charge on any atom is 0.324 e. The van der Waals surface area contributed by atoms with Gasteiger partial charge in [0.2, 0.25) is 0 Å². The van der Waals surface area contributed by atoms with Crippen LogP contribution in [-0.4, -0.2) is 17.6 Å². The molecule has 0 fully saturated rings. The molecule has 0 saturated carbocycles. The van der Waals surface area contributed by atoms with Crippen molar-refractivity contribution >= 4 is 24.5 Å². The molecule has 0 amide bonds. The Hall–Kier alpha value is -1.16. The summed E-state index contributed by atoms with van der Waals surface area (Å²) >= 11 is 4.01. The highest BCUT2D eigenvalue weighted by Gasteiger charge is 2.04. The van der Waals surface area contributed by atoms with Gasteiger partial charge in [-0.2, -0.15) is 0 Å². The molecule has 0 aliphatic rings. The van der Waals surface area contributed by atoms with E-state index in [1.54, 1.807) is 12.1 Å². The Bertz CT molecular complexity index is 263. The average molecular weight is 183 g/mol. The molecule has 0 saturated heterocycles. The zero-order chi connectivity index (χ0) is 8.97. The van der Waals surface area contributed by atoms with E-state index in [9.17, 15) is 4.79 Å². The molecule has 1 N–H and O–H groups in total. The minimum atomic E-state index is -0.895. The number of hydrogen-bond acceptors (Lipinski definition) is 3. The van der Waals surface area contributed by atoms with Crippen LogP contribution in [0.5, 0.6) is 0 Å². The van der Waals surface area contributed by atoms with Crippen LogP contribution in [0.1, 0.15) is 0 Å². The predicted octanol–water partition coefficient (Wildman–Crippen LogP) is 1.42. The maximum absolute atomic E-state index is 10.3. The van der Waals surface area contributed by atoms with Gasteiger partial charge in [-0.1, -0.05) is 31.0 Å². The first-order valence-electron chi connectivity index (χ1n) is 3.43. The van der Waals surface area contributed by atoms with Gasteiger partial charge in [-0.05, 0) is 12.1 Å². The first kappa shape index (κ1) is 8.93. The minimum absolute atomic E-state index is 0.104. The summed E-state index contributed by atoms with van der Waals surface area (Å²) in [6, 6.07) is 9.14. The molecule has 64 valence electrons. The summed E-state index contributed by atoms with van der Waals surface area (Å²) in [7, 11) is 0. The van der Waals surface area contributed by atoms with Gasteiger partial charge in [0, 0.05) is 5.69 Å². The van der Waals surface area contributed by atoms with Gasteiger partial charge in [-0.3, -0.25) is 4.79 Å². The fourth-order valence-corrected chi connectivity index (χ4v) is 1.07. The first-order valence-corrected chi connectivity index (χ1v) is 3.83. The standard InChI is InChI=1S/C8H9NO2S/c10-8(11)6-9(12)7-4-2-1-3-5-7/h1-5,12H,6H2,(H,10,11). The zero-order valence-corrected chi connectivity index (χ0v) is 7.24. The number of carboxylic acids is 1. The molecule has 1 aromatic carbocycles. The molecule has 4 heteroatoms. The van der Waals surface area contributed by atoms with Crippen LogP contribution in [0, 0.1) is 0 Å². The quantitative estimate of drug-likeness (QED) is 0.696. The number of hydrogen-bond donors (Lipinski definition) is 2. The average Bonchev–Trinajstić information content (AvgIpc) is 2.05. The van der Waals surface area contributed by atoms with Crippen molar-refractivity contribution in [3.8, 4) is 0 Å². The van der Waals surface area contributed by atoms with Crippen LogP contribution in [0.15, 0.2) is 30.3 Å². The Kier molecular flexibility index (Phi) is 2.99. The number of aliphatic carboxylic acids is 1. The van der Waals surface area contributed by atoms with E-state index < -0.39 is 5.97 Å². The molecule has 0 bridgehead atoms. The van der Waals surface area contributed by atoms with Gasteiger partial charge < -0.3 is 9.41 Å². The molecule has 1 rings (SSSR count). The number of carboxylic acid groups (broad SMARTS) is 1. The van der Waals surface area contributed by atoms with Gasteiger partial charge in [-0.15, -0.1) is 0 Å². The normalized spacial score (nSPS) is 9.42. The molecular formula is C8H9NO2S. The van der Waals surface area contributed by atoms with E-state index in [2.05, 4.69) is 12.8 Å². The van der Waals surface area contributed by atoms with E-state index in [-0.39, 0.29) is 6.54 Å². The molecule has 0 aliphatic heterocycles. The summed E-state index contributed by atoms with van der Waals surface area (Å²) in [4.78, 5) is 10.3. The van der Waals surface area contributed by atoms with Crippen LogP contribution in [0.4, 0.5) is 5.69 Å². The lowest BCUT2D eigenvalue weighted by Gasteiger charge is -2.13. The van der Waals surface area contributed by atoms with Gasteiger partial charge in [0.25, 0.3) is 0 Å². The third-order valence-electron chi connectivity index (χ3n) is 1.34. The summed E-state index contributed by atoms with van der Waals surface area (Å²) < 4.78 is 1.38. The van der Waals surface area contributed by atoms with E-state index in [1.807, 2.05) is 18.2 Å². The van der Waals surface area contributed by atoms with E-state index >= 15 is 0 Å². The number of benzene rings is 1. The monoisotopic (exact) mass is 183 g/mol. The fraction of sp³-hybridized carbons (Fsp3) is 0.125. The second-order valence-corrected chi connectivity index (χ2v) is 2.77. The molecule has 0 heterocycles. The van der Waals surface area contributed by atoms with E-state index in [0.29, 0.717) is 0 Å². The molecule has 1 aromatic rings. The molecule has 12 heavy (non-hydrogen) atoms. The number of nitrogens with zero attached hydrogens (tertiary/aromatic N) is 1. The van der Waals surface area contributed by atoms with Gasteiger partial charge in [0.1, 0.15) is 6.54 Å². The highest BCUT2D eigenvalue weighted by atomic mass is 32.1. The zero-order valence-electron chi connectivity index (χ0n) is 6.34. The molecule has 0 atom stereocenters. The molecule has 0 radical (unpaired) electrons. The molecule has 0 aromatic heterocycles. The number of anilines is 1. The highest BCUT2D eigenvalue weighted by molar-refractivity contribution is 7.81. The van der Waals surface area contributed by atoms with Crippen LogP contribution in [0.2, 0.25) is 0 Å². The Morgan fingerprint density at radius 2 is 2.00 bits per heavy atom. The number of carbonyl (C=O) groups is 1. The molecular weight excluding hydrogens is 174 g/mol. The fourth-order valence-electron chi connectivity index (χ4n) is 0.819. The summed E-state index contributed by atoms with van der Waals surface area (Å²) in [5.74, 6) is -0.895. The second-order valence-electron chi connectivity index (χ2n) is 2.29. The minimum Gasteiger partial charge on any atom is -0.480 e. The summed E-state index contributed by atoms with van der Waals surface area (Å²) in [6.45, 7) is -0.104. The van der Waals surface area contributed by atoms with Crippen molar-refractivity contribution in [2.75, 3.05) is 10.8 Å². The Balaban J connectivity index is 2.65. The van der Waals surface area contributed by atoms with Crippen LogP contribution < -0.4 is 4.31 Å². The lowest BCUT2D eigenvalue weighted by molar-refractivity contribution is -0.135. The van der Waals surface area contributed by atoms with Crippen LogP contribution in [0.3, 0.4) is 0 Å². The molecule has 3 nitrogen and oxygen atoms in total. The van der Waals surface area contributed by atoms with Crippen LogP contribution in [0.25, 0.3) is 0 Å². The third-order valence-corrected chi connectivity index (χ3v) is 1.71. The van der Waals surface area contributed by atoms with E-state index in [0.717, 1.165) is 5.69 Å². The smallest absolute Gasteiger partial charge is 0.324 e. The van der Waals surface area contributed by atoms with Crippen molar-refractivity contribution in [2.24, 2.45) is 0 Å². The van der Waals surface area contributed by atoms with Crippen molar-refractivity contribution in [3.05, 3.63) is 30.3 Å². The Morgan fingerprint density at radius 1 is 1.42 bits per heavy atom. The Labute approximate surface area is 76.2 Å². The third kappa shape index (κ3) is 2.47. The van der Waals surface area contributed by atoms with Crippen molar-refractivity contribution in [2.45, 2.75) is 0 Å². The second kappa shape index (κ2) is 4.01. The predicted molar refractivity (Wildman–Crippen MR) is 50.4 cm³/mol. The molecule has 0 unspecified atom stereocenters. The van der Waals surface area contributed by atoms with Gasteiger partial charge in [0.15, 0.2) is 0 Å². The van der Waals surface area contributed by atoms with Crippen molar-refractivity contribution in [3.63, 3.8) is 0 Å². The lowest BCUT2D eigenvalue weighted by atomic mass is 10.3. The highest BCUT2D eigenvalue weighted by Crippen LogP contribution is 2.13. The number of rotatable bonds is 3. The number of thiol groups is 1. The van der Waals surface area contributed by atoms with E-state index in [4.69, 9.17) is 5.11 Å². The largest absolute Gasteiger partial charge is 0.480 e. The van der Waals surface area contributed by atoms with Gasteiger partial charge >= 0.3 is 5.97 Å². The Morgan fingerprint density at radius 3 is 2.50 bits per heavy atom. The van der Waals surface area contributed by atoms with Crippen molar-refractivity contribution in [1.82, 2.24) is 0 Å². The van der Waals surface area contributed by atoms with Crippen molar-refractivity contribution < 1.29 is 9.90 Å². The SMILES string of the molecule is O=C(O)CN(S)c1ccccc1. The van der Waals surface area contributed by atoms with Crippen LogP contribution in [-0.2, 0) is 4.79 Å². The van der Waals surface area contributed by atoms with Crippen LogP contribution >= 0.6 is 12.8 Å².